The molecule has 0 aromatic carbocycles. The third kappa shape index (κ3) is 4.55. The molecule has 2 N–H and O–H groups in total. The Bertz CT molecular complexity index is 514. The van der Waals surface area contributed by atoms with Gasteiger partial charge in [0.1, 0.15) is 5.82 Å². The summed E-state index contributed by atoms with van der Waals surface area (Å²) in [5.41, 5.74) is 0. The first kappa shape index (κ1) is 16.5. The molecule has 8 nitrogen and oxygen atoms in total. The van der Waals surface area contributed by atoms with E-state index in [1.165, 1.54) is 11.5 Å². The molecular formula is C13H21N5O3S. The third-order valence-corrected chi connectivity index (χ3v) is 4.27. The number of nitrogens with one attached hydrogen (secondary N) is 1. The number of carbonyl (C=O) groups is 2. The zero-order valence-electron chi connectivity index (χ0n) is 12.6. The SMILES string of the molecule is CCc1nsc(N2CCN(C(=O)NCCCC(=O)O)CC2)n1. The van der Waals surface area contributed by atoms with Crippen molar-refractivity contribution in [3.05, 3.63) is 5.82 Å². The number of urea groups is 1. The quantitative estimate of drug-likeness (QED) is 0.750. The van der Waals surface area contributed by atoms with Crippen LogP contribution in [0.3, 0.4) is 0 Å². The molecule has 1 saturated heterocycles. The molecule has 1 aliphatic rings. The van der Waals surface area contributed by atoms with Gasteiger partial charge in [-0.1, -0.05) is 6.92 Å². The standard InChI is InChI=1S/C13H21N5O3S/c1-2-10-15-13(22-16-10)18-8-6-17(7-9-18)12(21)14-5-3-4-11(19)20/h2-9H2,1H3,(H,14,21)(H,19,20). The zero-order valence-corrected chi connectivity index (χ0v) is 13.4. The van der Waals surface area contributed by atoms with E-state index in [0.717, 1.165) is 30.5 Å². The molecule has 0 aliphatic carbocycles. The van der Waals surface area contributed by atoms with Gasteiger partial charge in [0, 0.05) is 57.1 Å². The van der Waals surface area contributed by atoms with Gasteiger partial charge in [-0.25, -0.2) is 9.78 Å². The largest absolute Gasteiger partial charge is 0.481 e. The molecule has 0 bridgehead atoms. The normalized spacial score (nSPS) is 15.0. The summed E-state index contributed by atoms with van der Waals surface area (Å²) < 4.78 is 4.28. The molecule has 0 saturated carbocycles. The minimum absolute atomic E-state index is 0.0743. The van der Waals surface area contributed by atoms with Gasteiger partial charge in [0.15, 0.2) is 0 Å². The van der Waals surface area contributed by atoms with Crippen LogP contribution in [0.2, 0.25) is 0 Å². The summed E-state index contributed by atoms with van der Waals surface area (Å²) in [4.78, 5) is 30.7. The Morgan fingerprint density at radius 2 is 2.05 bits per heavy atom. The lowest BCUT2D eigenvalue weighted by atomic mass is 10.3. The van der Waals surface area contributed by atoms with E-state index >= 15 is 0 Å². The summed E-state index contributed by atoms with van der Waals surface area (Å²) in [6.45, 7) is 5.15. The predicted molar refractivity (Wildman–Crippen MR) is 83.3 cm³/mol. The van der Waals surface area contributed by atoms with Gasteiger partial charge in [0.2, 0.25) is 5.13 Å². The van der Waals surface area contributed by atoms with E-state index in [4.69, 9.17) is 5.11 Å². The molecule has 2 amide bonds. The van der Waals surface area contributed by atoms with E-state index in [1.807, 2.05) is 6.92 Å². The number of nitrogens with zero attached hydrogens (tertiary/aromatic N) is 4. The van der Waals surface area contributed by atoms with Crippen LogP contribution in [0, 0.1) is 0 Å². The molecule has 1 aromatic heterocycles. The Labute approximate surface area is 133 Å². The monoisotopic (exact) mass is 327 g/mol. The highest BCUT2D eigenvalue weighted by molar-refractivity contribution is 7.09. The Balaban J connectivity index is 1.72. The van der Waals surface area contributed by atoms with Crippen molar-refractivity contribution in [1.29, 1.82) is 0 Å². The van der Waals surface area contributed by atoms with Crippen LogP contribution in [0.15, 0.2) is 0 Å². The van der Waals surface area contributed by atoms with Crippen LogP contribution in [-0.2, 0) is 11.2 Å². The number of hydrogen-bond acceptors (Lipinski definition) is 6. The Morgan fingerprint density at radius 1 is 1.32 bits per heavy atom. The third-order valence-electron chi connectivity index (χ3n) is 3.45. The van der Waals surface area contributed by atoms with Gasteiger partial charge in [-0.3, -0.25) is 4.79 Å². The second-order valence-electron chi connectivity index (χ2n) is 5.05. The number of piperazine rings is 1. The lowest BCUT2D eigenvalue weighted by Crippen LogP contribution is -2.52. The maximum atomic E-state index is 12.0. The van der Waals surface area contributed by atoms with Gasteiger partial charge in [0.25, 0.3) is 0 Å². The Morgan fingerprint density at radius 3 is 2.64 bits per heavy atom. The average Bonchev–Trinajstić information content (AvgIpc) is 3.00. The van der Waals surface area contributed by atoms with E-state index in [1.54, 1.807) is 4.90 Å². The van der Waals surface area contributed by atoms with E-state index < -0.39 is 5.97 Å². The Kier molecular flexibility index (Phi) is 5.93. The number of anilines is 1. The number of aryl methyl sites for hydroxylation is 1. The number of hydrogen-bond donors (Lipinski definition) is 2. The van der Waals surface area contributed by atoms with Gasteiger partial charge in [0.05, 0.1) is 0 Å². The fourth-order valence-corrected chi connectivity index (χ4v) is 2.97. The number of carbonyl (C=O) groups excluding carboxylic acids is 1. The van der Waals surface area contributed by atoms with Crippen molar-refractivity contribution in [3.63, 3.8) is 0 Å². The van der Waals surface area contributed by atoms with Crippen molar-refractivity contribution in [2.75, 3.05) is 37.6 Å². The molecule has 2 heterocycles. The molecule has 0 spiro atoms. The first-order chi connectivity index (χ1) is 10.6. The van der Waals surface area contributed by atoms with Crippen molar-refractivity contribution < 1.29 is 14.7 Å². The summed E-state index contributed by atoms with van der Waals surface area (Å²) in [6, 6.07) is -0.128. The molecule has 1 fully saturated rings. The van der Waals surface area contributed by atoms with Crippen molar-refractivity contribution in [2.45, 2.75) is 26.2 Å². The van der Waals surface area contributed by atoms with Gasteiger partial charge >= 0.3 is 12.0 Å². The number of amides is 2. The number of aliphatic carboxylic acids is 1. The molecule has 0 radical (unpaired) electrons. The molecule has 1 aliphatic heterocycles. The second kappa shape index (κ2) is 7.92. The molecule has 1 aromatic rings. The van der Waals surface area contributed by atoms with Crippen LogP contribution < -0.4 is 10.2 Å². The van der Waals surface area contributed by atoms with Crippen molar-refractivity contribution in [2.24, 2.45) is 0 Å². The summed E-state index contributed by atoms with van der Waals surface area (Å²) in [7, 11) is 0. The number of carboxylic acid groups (broad SMARTS) is 1. The minimum Gasteiger partial charge on any atom is -0.481 e. The van der Waals surface area contributed by atoms with Crippen LogP contribution in [0.4, 0.5) is 9.93 Å². The van der Waals surface area contributed by atoms with Crippen molar-refractivity contribution >= 4 is 28.7 Å². The molecule has 0 unspecified atom stereocenters. The fraction of sp³-hybridized carbons (Fsp3) is 0.692. The van der Waals surface area contributed by atoms with E-state index in [2.05, 4.69) is 19.6 Å². The highest BCUT2D eigenvalue weighted by atomic mass is 32.1. The lowest BCUT2D eigenvalue weighted by molar-refractivity contribution is -0.137. The van der Waals surface area contributed by atoms with E-state index in [0.29, 0.717) is 26.1 Å². The lowest BCUT2D eigenvalue weighted by Gasteiger charge is -2.34. The molecule has 0 atom stereocenters. The summed E-state index contributed by atoms with van der Waals surface area (Å²) >= 11 is 1.40. The van der Waals surface area contributed by atoms with E-state index in [-0.39, 0.29) is 12.5 Å². The zero-order chi connectivity index (χ0) is 15.9. The first-order valence-corrected chi connectivity index (χ1v) is 8.19. The molecule has 22 heavy (non-hydrogen) atoms. The number of aromatic nitrogens is 2. The minimum atomic E-state index is -0.841. The average molecular weight is 327 g/mol. The second-order valence-corrected chi connectivity index (χ2v) is 5.78. The van der Waals surface area contributed by atoms with Crippen LogP contribution >= 0.6 is 11.5 Å². The smallest absolute Gasteiger partial charge is 0.317 e. The van der Waals surface area contributed by atoms with E-state index in [9.17, 15) is 9.59 Å². The highest BCUT2D eigenvalue weighted by Gasteiger charge is 2.22. The first-order valence-electron chi connectivity index (χ1n) is 7.42. The van der Waals surface area contributed by atoms with Crippen LogP contribution in [-0.4, -0.2) is 64.1 Å². The van der Waals surface area contributed by atoms with Crippen LogP contribution in [0.5, 0.6) is 0 Å². The Hall–Kier alpha value is -1.90. The molecule has 122 valence electrons. The van der Waals surface area contributed by atoms with Crippen molar-refractivity contribution in [1.82, 2.24) is 19.6 Å². The predicted octanol–water partition coefficient (Wildman–Crippen LogP) is 0.797. The number of carboxylic acids is 1. The maximum absolute atomic E-state index is 12.0. The molecule has 2 rings (SSSR count). The van der Waals surface area contributed by atoms with Crippen molar-refractivity contribution in [3.8, 4) is 0 Å². The molecule has 9 heteroatoms. The maximum Gasteiger partial charge on any atom is 0.317 e. The van der Waals surface area contributed by atoms with Gasteiger partial charge < -0.3 is 20.2 Å². The highest BCUT2D eigenvalue weighted by Crippen LogP contribution is 2.19. The fourth-order valence-electron chi connectivity index (χ4n) is 2.16. The van der Waals surface area contributed by atoms with Crippen LogP contribution in [0.25, 0.3) is 0 Å². The van der Waals surface area contributed by atoms with Crippen LogP contribution in [0.1, 0.15) is 25.6 Å². The van der Waals surface area contributed by atoms with Gasteiger partial charge in [-0.15, -0.1) is 0 Å². The topological polar surface area (TPSA) is 98.7 Å². The summed E-state index contributed by atoms with van der Waals surface area (Å²) in [5.74, 6) is 0.0185. The van der Waals surface area contributed by atoms with Gasteiger partial charge in [-0.05, 0) is 6.42 Å². The summed E-state index contributed by atoms with van der Waals surface area (Å²) in [5, 5.41) is 12.2. The number of rotatable bonds is 6. The summed E-state index contributed by atoms with van der Waals surface area (Å²) in [6.07, 6.45) is 1.35. The molecular weight excluding hydrogens is 306 g/mol. The van der Waals surface area contributed by atoms with Gasteiger partial charge in [-0.2, -0.15) is 4.37 Å².